The minimum absolute atomic E-state index is 0.208. The Balaban J connectivity index is 1.50. The summed E-state index contributed by atoms with van der Waals surface area (Å²) in [6, 6.07) is 10.8. The number of para-hydroxylation sites is 1. The van der Waals surface area contributed by atoms with Crippen molar-refractivity contribution in [1.29, 1.82) is 0 Å². The van der Waals surface area contributed by atoms with E-state index in [0.29, 0.717) is 36.7 Å². The van der Waals surface area contributed by atoms with Crippen LogP contribution in [-0.4, -0.2) is 51.4 Å². The molecule has 2 atom stereocenters. The zero-order valence-electron chi connectivity index (χ0n) is 21.8. The third kappa shape index (κ3) is 3.49. The van der Waals surface area contributed by atoms with E-state index in [-0.39, 0.29) is 11.9 Å². The Morgan fingerprint density at radius 1 is 1.07 bits per heavy atom. The molecule has 6 aromatic rings. The van der Waals surface area contributed by atoms with Gasteiger partial charge in [0.25, 0.3) is 0 Å². The predicted octanol–water partition coefficient (Wildman–Crippen LogP) is 3.90. The number of aryl methyl sites for hydroxylation is 1. The predicted molar refractivity (Wildman–Crippen MR) is 144 cm³/mol. The van der Waals surface area contributed by atoms with Gasteiger partial charge >= 0.3 is 5.76 Å². The van der Waals surface area contributed by atoms with Crippen LogP contribution in [0.1, 0.15) is 48.4 Å². The molecular formula is C28H26FN9O2. The molecule has 0 radical (unpaired) electrons. The molecule has 0 fully saturated rings. The number of halogens is 1. The first-order chi connectivity index (χ1) is 19.5. The van der Waals surface area contributed by atoms with E-state index in [1.165, 1.54) is 12.3 Å². The van der Waals surface area contributed by atoms with Gasteiger partial charge < -0.3 is 14.4 Å². The van der Waals surface area contributed by atoms with Gasteiger partial charge in [0.2, 0.25) is 5.89 Å². The summed E-state index contributed by atoms with van der Waals surface area (Å²) >= 11 is 0. The second-order valence-electron chi connectivity index (χ2n) is 9.79. The van der Waals surface area contributed by atoms with Crippen LogP contribution in [0.2, 0.25) is 0 Å². The number of hydrogen-bond donors (Lipinski definition) is 3. The van der Waals surface area contributed by atoms with E-state index in [1.807, 2.05) is 36.0 Å². The molecule has 0 saturated heterocycles. The van der Waals surface area contributed by atoms with Crippen molar-refractivity contribution in [3.8, 4) is 11.4 Å². The Morgan fingerprint density at radius 2 is 1.95 bits per heavy atom. The van der Waals surface area contributed by atoms with Gasteiger partial charge in [-0.05, 0) is 43.7 Å². The maximum Gasteiger partial charge on any atom is 0.434 e. The molecule has 202 valence electrons. The molecule has 0 saturated carbocycles. The molecule has 5 aromatic heterocycles. The fraction of sp³-hybridized carbons (Fsp3) is 0.250. The minimum atomic E-state index is -1.13. The number of nitrogens with zero attached hydrogens (tertiary/aromatic N) is 6. The van der Waals surface area contributed by atoms with Crippen LogP contribution < -0.4 is 5.76 Å². The third-order valence-electron chi connectivity index (χ3n) is 7.76. The largest absolute Gasteiger partial charge is 0.434 e. The van der Waals surface area contributed by atoms with E-state index < -0.39 is 17.1 Å². The molecule has 1 aliphatic heterocycles. The van der Waals surface area contributed by atoms with Gasteiger partial charge in [-0.2, -0.15) is 5.10 Å². The number of imidazole rings is 1. The number of aromatic amines is 3. The Kier molecular flexibility index (Phi) is 5.52. The van der Waals surface area contributed by atoms with E-state index in [9.17, 15) is 9.18 Å². The van der Waals surface area contributed by atoms with Crippen molar-refractivity contribution in [1.82, 2.24) is 44.8 Å². The van der Waals surface area contributed by atoms with Crippen LogP contribution in [0.4, 0.5) is 4.39 Å². The second-order valence-corrected chi connectivity index (χ2v) is 9.79. The summed E-state index contributed by atoms with van der Waals surface area (Å²) in [5, 5.41) is 12.5. The van der Waals surface area contributed by atoms with Crippen LogP contribution in [0.25, 0.3) is 22.3 Å². The van der Waals surface area contributed by atoms with Crippen LogP contribution >= 0.6 is 0 Å². The summed E-state index contributed by atoms with van der Waals surface area (Å²) < 4.78 is 21.1. The van der Waals surface area contributed by atoms with Crippen molar-refractivity contribution in [2.24, 2.45) is 0 Å². The Morgan fingerprint density at radius 3 is 2.67 bits per heavy atom. The number of benzene rings is 1. The van der Waals surface area contributed by atoms with Gasteiger partial charge in [0.05, 0.1) is 41.7 Å². The molecule has 0 aliphatic carbocycles. The number of hydrogen-bond acceptors (Lipinski definition) is 7. The number of aromatic nitrogens is 8. The van der Waals surface area contributed by atoms with Gasteiger partial charge in [0, 0.05) is 29.2 Å². The lowest BCUT2D eigenvalue weighted by atomic mass is 9.77. The highest BCUT2D eigenvalue weighted by molar-refractivity contribution is 5.86. The molecule has 40 heavy (non-hydrogen) atoms. The summed E-state index contributed by atoms with van der Waals surface area (Å²) in [7, 11) is 0. The molecule has 0 amide bonds. The first-order valence-corrected chi connectivity index (χ1v) is 13.2. The quantitative estimate of drug-likeness (QED) is 0.292. The highest BCUT2D eigenvalue weighted by Gasteiger charge is 2.55. The fourth-order valence-corrected chi connectivity index (χ4v) is 6.05. The fourth-order valence-electron chi connectivity index (χ4n) is 6.05. The van der Waals surface area contributed by atoms with Crippen molar-refractivity contribution in [3.63, 3.8) is 0 Å². The van der Waals surface area contributed by atoms with Gasteiger partial charge in [0.1, 0.15) is 11.6 Å². The number of fused-ring (bicyclic) bond motifs is 3. The van der Waals surface area contributed by atoms with Crippen LogP contribution in [0.15, 0.2) is 70.4 Å². The molecule has 0 bridgehead atoms. The first-order valence-electron chi connectivity index (χ1n) is 13.2. The molecular weight excluding hydrogens is 513 g/mol. The highest BCUT2D eigenvalue weighted by Crippen LogP contribution is 2.51. The van der Waals surface area contributed by atoms with Crippen LogP contribution in [0, 0.1) is 5.82 Å². The van der Waals surface area contributed by atoms with E-state index in [4.69, 9.17) is 9.40 Å². The maximum absolute atomic E-state index is 13.5. The summed E-state index contributed by atoms with van der Waals surface area (Å²) in [5.41, 5.74) is 3.83. The van der Waals surface area contributed by atoms with Gasteiger partial charge in [-0.1, -0.05) is 25.1 Å². The summed E-state index contributed by atoms with van der Waals surface area (Å²) in [6.07, 6.45) is 7.28. The Hall–Kier alpha value is -4.84. The molecule has 6 heterocycles. The molecule has 11 nitrogen and oxygen atoms in total. The van der Waals surface area contributed by atoms with E-state index >= 15 is 0 Å². The molecule has 1 aromatic carbocycles. The molecule has 7 rings (SSSR count). The summed E-state index contributed by atoms with van der Waals surface area (Å²) in [6.45, 7) is 5.29. The topological polar surface area (TPSA) is 137 Å². The lowest BCUT2D eigenvalue weighted by Gasteiger charge is -2.47. The lowest BCUT2D eigenvalue weighted by molar-refractivity contribution is 0.0612. The number of H-pyrrole nitrogens is 3. The lowest BCUT2D eigenvalue weighted by Crippen LogP contribution is -2.54. The number of pyridine rings is 1. The monoisotopic (exact) mass is 539 g/mol. The first kappa shape index (κ1) is 24.2. The van der Waals surface area contributed by atoms with Crippen molar-refractivity contribution in [2.45, 2.75) is 38.4 Å². The minimum Gasteiger partial charge on any atom is -0.390 e. The van der Waals surface area contributed by atoms with Crippen molar-refractivity contribution in [3.05, 3.63) is 106 Å². The van der Waals surface area contributed by atoms with Crippen LogP contribution in [0.3, 0.4) is 0 Å². The third-order valence-corrected chi connectivity index (χ3v) is 7.76. The van der Waals surface area contributed by atoms with Crippen LogP contribution in [-0.2, 0) is 18.5 Å². The Labute approximate surface area is 227 Å². The van der Waals surface area contributed by atoms with E-state index in [1.54, 1.807) is 18.5 Å². The number of rotatable bonds is 6. The number of nitrogens with one attached hydrogen (secondary N) is 3. The highest BCUT2D eigenvalue weighted by atomic mass is 19.1. The zero-order chi connectivity index (χ0) is 27.4. The maximum atomic E-state index is 13.5. The van der Waals surface area contributed by atoms with Gasteiger partial charge in [-0.3, -0.25) is 14.6 Å². The summed E-state index contributed by atoms with van der Waals surface area (Å²) in [5.74, 6) is -0.142. The van der Waals surface area contributed by atoms with Gasteiger partial charge in [-0.25, -0.2) is 19.3 Å². The van der Waals surface area contributed by atoms with Crippen LogP contribution in [0.5, 0.6) is 0 Å². The normalized spacial score (nSPS) is 19.3. The molecule has 1 aliphatic rings. The SMILES string of the molecule is CCN1[C@@H](c2ncc(-c3ccc(F)cn3)[nH]2)Cc2c([nH]c3ccccc23)C1(c1cnn(CC)c1)c1n[nH]c(=O)o1. The number of likely N-dealkylation sites (N-methyl/N-ethyl adjacent to an activating group) is 1. The average molecular weight is 540 g/mol. The van der Waals surface area contributed by atoms with Gasteiger partial charge in [-0.15, -0.1) is 5.10 Å². The molecule has 0 spiro atoms. The van der Waals surface area contributed by atoms with Crippen molar-refractivity contribution >= 4 is 10.9 Å². The summed E-state index contributed by atoms with van der Waals surface area (Å²) in [4.78, 5) is 30.7. The molecule has 3 N–H and O–H groups in total. The standard InChI is InChI=1S/C28H26FN9O2/c1-3-37-15-16(12-32-37)28(26-35-36-27(39)40-26)24-19(18-7-5-6-8-20(18)33-24)11-23(38(28)4-2)25-31-14-22(34-25)21-10-9-17(29)13-30-21/h5-10,12-15,23,33H,3-4,11H2,1-2H3,(H,31,34)(H,36,39)/t23-,28?/m1/s1. The molecule has 12 heteroatoms. The average Bonchev–Trinajstić information content (AvgIpc) is 3.78. The van der Waals surface area contributed by atoms with Crippen molar-refractivity contribution < 1.29 is 8.81 Å². The zero-order valence-corrected chi connectivity index (χ0v) is 21.8. The molecule has 1 unspecified atom stereocenters. The smallest absolute Gasteiger partial charge is 0.390 e. The van der Waals surface area contributed by atoms with Crippen molar-refractivity contribution in [2.75, 3.05) is 6.54 Å². The van der Waals surface area contributed by atoms with E-state index in [2.05, 4.69) is 48.1 Å². The van der Waals surface area contributed by atoms with Gasteiger partial charge in [0.15, 0.2) is 5.54 Å². The van der Waals surface area contributed by atoms with E-state index in [0.717, 1.165) is 27.7 Å². The second kappa shape index (κ2) is 9.12. The Bertz CT molecular complexity index is 1880.